The first-order valence-electron chi connectivity index (χ1n) is 10.4. The number of benzene rings is 3. The largest absolute Gasteiger partial charge is 0.490 e. The fraction of sp³-hybridized carbons (Fsp3) is 0.160. The first-order chi connectivity index (χ1) is 16.4. The number of carbonyl (C=O) groups is 2. The quantitative estimate of drug-likeness (QED) is 0.247. The van der Waals surface area contributed by atoms with Crippen LogP contribution in [0.2, 0.25) is 10.0 Å². The van der Waals surface area contributed by atoms with E-state index in [0.717, 1.165) is 11.1 Å². The summed E-state index contributed by atoms with van der Waals surface area (Å²) in [5.74, 6) is -0.973. The number of amides is 2. The molecule has 0 spiro atoms. The van der Waals surface area contributed by atoms with E-state index in [4.69, 9.17) is 32.7 Å². The van der Waals surface area contributed by atoms with Gasteiger partial charge in [-0.2, -0.15) is 5.10 Å². The van der Waals surface area contributed by atoms with Crippen LogP contribution in [0, 0.1) is 6.92 Å². The van der Waals surface area contributed by atoms with Gasteiger partial charge in [0.2, 0.25) is 0 Å². The molecule has 3 rings (SSSR count). The molecule has 2 amide bonds. The van der Waals surface area contributed by atoms with Crippen molar-refractivity contribution in [1.29, 1.82) is 0 Å². The Labute approximate surface area is 207 Å². The van der Waals surface area contributed by atoms with Gasteiger partial charge in [-0.1, -0.05) is 59.6 Å². The van der Waals surface area contributed by atoms with E-state index in [1.54, 1.807) is 30.3 Å². The standard InChI is InChI=1S/C25H23Cl2N3O4/c1-3-33-22-12-18(11-21(27)23(22)34-15-17-7-5-4-6-8-17)14-28-30-25(32)24(31)29-19-10-9-16(2)20(26)13-19/h4-14H,3,15H2,1-2H3,(H,29,31)(H,30,32)/b28-14-. The number of rotatable bonds is 8. The molecule has 7 nitrogen and oxygen atoms in total. The molecule has 0 aliphatic heterocycles. The van der Waals surface area contributed by atoms with Crippen LogP contribution in [0.4, 0.5) is 5.69 Å². The van der Waals surface area contributed by atoms with Gasteiger partial charge in [0.05, 0.1) is 17.8 Å². The predicted molar refractivity (Wildman–Crippen MR) is 134 cm³/mol. The number of hydrazone groups is 1. The summed E-state index contributed by atoms with van der Waals surface area (Å²) in [7, 11) is 0. The molecule has 0 radical (unpaired) electrons. The topological polar surface area (TPSA) is 89.0 Å². The zero-order valence-electron chi connectivity index (χ0n) is 18.6. The molecule has 0 aliphatic carbocycles. The van der Waals surface area contributed by atoms with Gasteiger partial charge in [-0.05, 0) is 54.8 Å². The highest BCUT2D eigenvalue weighted by molar-refractivity contribution is 6.40. The minimum absolute atomic E-state index is 0.323. The number of hydrogen-bond acceptors (Lipinski definition) is 5. The molecular formula is C25H23Cl2N3O4. The average Bonchev–Trinajstić information content (AvgIpc) is 2.81. The van der Waals surface area contributed by atoms with Gasteiger partial charge in [-0.3, -0.25) is 9.59 Å². The summed E-state index contributed by atoms with van der Waals surface area (Å²) in [6, 6.07) is 17.9. The van der Waals surface area contributed by atoms with Gasteiger partial charge in [0.15, 0.2) is 11.5 Å². The molecule has 2 N–H and O–H groups in total. The molecule has 0 heterocycles. The minimum atomic E-state index is -0.938. The van der Waals surface area contributed by atoms with E-state index in [1.165, 1.54) is 6.21 Å². The van der Waals surface area contributed by atoms with Gasteiger partial charge in [-0.25, -0.2) is 5.43 Å². The molecule has 0 saturated heterocycles. The van der Waals surface area contributed by atoms with Gasteiger partial charge in [0.1, 0.15) is 6.61 Å². The normalized spacial score (nSPS) is 10.7. The Morgan fingerprint density at radius 2 is 1.74 bits per heavy atom. The first kappa shape index (κ1) is 25.1. The van der Waals surface area contributed by atoms with Crippen LogP contribution in [0.15, 0.2) is 65.8 Å². The van der Waals surface area contributed by atoms with E-state index in [0.29, 0.717) is 46.0 Å². The van der Waals surface area contributed by atoms with Crippen molar-refractivity contribution in [3.8, 4) is 11.5 Å². The SMILES string of the molecule is CCOc1cc(/C=N\NC(=O)C(=O)Nc2ccc(C)c(Cl)c2)cc(Cl)c1OCc1ccccc1. The Kier molecular flexibility index (Phi) is 8.90. The van der Waals surface area contributed by atoms with Crippen LogP contribution in [0.25, 0.3) is 0 Å². The van der Waals surface area contributed by atoms with Crippen LogP contribution in [-0.2, 0) is 16.2 Å². The number of anilines is 1. The number of aryl methyl sites for hydroxylation is 1. The third-order valence-electron chi connectivity index (χ3n) is 4.57. The van der Waals surface area contributed by atoms with Gasteiger partial charge >= 0.3 is 11.8 Å². The average molecular weight is 500 g/mol. The Morgan fingerprint density at radius 1 is 0.971 bits per heavy atom. The summed E-state index contributed by atoms with van der Waals surface area (Å²) in [5, 5.41) is 7.10. The summed E-state index contributed by atoms with van der Waals surface area (Å²) >= 11 is 12.4. The molecule has 176 valence electrons. The second-order valence-corrected chi connectivity index (χ2v) is 7.97. The zero-order chi connectivity index (χ0) is 24.5. The monoisotopic (exact) mass is 499 g/mol. The predicted octanol–water partition coefficient (Wildman–Crippen LogP) is 5.37. The van der Waals surface area contributed by atoms with Crippen LogP contribution in [0.3, 0.4) is 0 Å². The van der Waals surface area contributed by atoms with Crippen LogP contribution < -0.4 is 20.2 Å². The van der Waals surface area contributed by atoms with E-state index in [2.05, 4.69) is 15.8 Å². The van der Waals surface area contributed by atoms with Crippen molar-refractivity contribution in [2.75, 3.05) is 11.9 Å². The molecule has 0 fully saturated rings. The highest BCUT2D eigenvalue weighted by atomic mass is 35.5. The molecular weight excluding hydrogens is 477 g/mol. The number of nitrogens with zero attached hydrogens (tertiary/aromatic N) is 1. The molecule has 0 saturated carbocycles. The first-order valence-corrected chi connectivity index (χ1v) is 11.2. The van der Waals surface area contributed by atoms with E-state index in [1.807, 2.05) is 44.2 Å². The summed E-state index contributed by atoms with van der Waals surface area (Å²) in [5.41, 5.74) is 4.97. The van der Waals surface area contributed by atoms with Gasteiger partial charge < -0.3 is 14.8 Å². The third-order valence-corrected chi connectivity index (χ3v) is 5.26. The van der Waals surface area contributed by atoms with Crippen molar-refractivity contribution >= 4 is 46.9 Å². The van der Waals surface area contributed by atoms with Gasteiger partial charge in [0, 0.05) is 10.7 Å². The smallest absolute Gasteiger partial charge is 0.329 e. The molecule has 0 unspecified atom stereocenters. The van der Waals surface area contributed by atoms with Crippen molar-refractivity contribution in [1.82, 2.24) is 5.43 Å². The number of ether oxygens (including phenoxy) is 2. The molecule has 0 bridgehead atoms. The van der Waals surface area contributed by atoms with Crippen molar-refractivity contribution in [3.05, 3.63) is 87.4 Å². The van der Waals surface area contributed by atoms with Crippen molar-refractivity contribution < 1.29 is 19.1 Å². The summed E-state index contributed by atoms with van der Waals surface area (Å²) < 4.78 is 11.5. The van der Waals surface area contributed by atoms with E-state index < -0.39 is 11.8 Å². The van der Waals surface area contributed by atoms with E-state index >= 15 is 0 Å². The number of nitrogens with one attached hydrogen (secondary N) is 2. The molecule has 9 heteroatoms. The molecule has 3 aromatic rings. The molecule has 34 heavy (non-hydrogen) atoms. The third kappa shape index (κ3) is 6.97. The highest BCUT2D eigenvalue weighted by Gasteiger charge is 2.15. The lowest BCUT2D eigenvalue weighted by Crippen LogP contribution is -2.32. The zero-order valence-corrected chi connectivity index (χ0v) is 20.1. The fourth-order valence-corrected chi connectivity index (χ4v) is 3.32. The number of halogens is 2. The maximum Gasteiger partial charge on any atom is 0.329 e. The molecule has 0 aromatic heterocycles. The molecule has 3 aromatic carbocycles. The second-order valence-electron chi connectivity index (χ2n) is 7.15. The van der Waals surface area contributed by atoms with Gasteiger partial charge in [-0.15, -0.1) is 0 Å². The van der Waals surface area contributed by atoms with Gasteiger partial charge in [0.25, 0.3) is 0 Å². The Morgan fingerprint density at radius 3 is 2.44 bits per heavy atom. The number of hydrogen-bond donors (Lipinski definition) is 2. The second kappa shape index (κ2) is 12.1. The van der Waals surface area contributed by atoms with Crippen molar-refractivity contribution in [2.24, 2.45) is 5.10 Å². The van der Waals surface area contributed by atoms with Crippen molar-refractivity contribution in [3.63, 3.8) is 0 Å². The van der Waals surface area contributed by atoms with Crippen LogP contribution in [0.5, 0.6) is 11.5 Å². The minimum Gasteiger partial charge on any atom is -0.490 e. The Balaban J connectivity index is 1.64. The molecule has 0 aliphatic rings. The van der Waals surface area contributed by atoms with Crippen molar-refractivity contribution in [2.45, 2.75) is 20.5 Å². The number of carbonyl (C=O) groups excluding carboxylic acids is 2. The van der Waals surface area contributed by atoms with E-state index in [-0.39, 0.29) is 0 Å². The maximum atomic E-state index is 12.1. The Hall–Kier alpha value is -3.55. The summed E-state index contributed by atoms with van der Waals surface area (Å²) in [6.45, 7) is 4.40. The lowest BCUT2D eigenvalue weighted by atomic mass is 10.2. The lowest BCUT2D eigenvalue weighted by Gasteiger charge is -2.14. The van der Waals surface area contributed by atoms with E-state index in [9.17, 15) is 9.59 Å². The summed E-state index contributed by atoms with van der Waals surface area (Å²) in [4.78, 5) is 24.1. The van der Waals surface area contributed by atoms with Crippen LogP contribution >= 0.6 is 23.2 Å². The highest BCUT2D eigenvalue weighted by Crippen LogP contribution is 2.37. The fourth-order valence-electron chi connectivity index (χ4n) is 2.87. The Bertz CT molecular complexity index is 1200. The molecule has 0 atom stereocenters. The van der Waals surface area contributed by atoms with Crippen LogP contribution in [0.1, 0.15) is 23.6 Å². The maximum absolute atomic E-state index is 12.1. The lowest BCUT2D eigenvalue weighted by molar-refractivity contribution is -0.136. The summed E-state index contributed by atoms with van der Waals surface area (Å²) in [6.07, 6.45) is 1.35. The van der Waals surface area contributed by atoms with Crippen LogP contribution in [-0.4, -0.2) is 24.6 Å².